The van der Waals surface area contributed by atoms with Crippen LogP contribution in [0.2, 0.25) is 20.1 Å². The number of rotatable bonds is 9. The molecule has 2 amide bonds. The van der Waals surface area contributed by atoms with E-state index in [4.69, 9.17) is 46.4 Å². The highest BCUT2D eigenvalue weighted by atomic mass is 35.5. The van der Waals surface area contributed by atoms with Gasteiger partial charge in [-0.2, -0.15) is 0 Å². The molecule has 0 radical (unpaired) electrons. The highest BCUT2D eigenvalue weighted by Crippen LogP contribution is 2.29. The Kier molecular flexibility index (Phi) is 10.1. The van der Waals surface area contributed by atoms with Crippen LogP contribution in [0.15, 0.2) is 36.4 Å². The summed E-state index contributed by atoms with van der Waals surface area (Å²) in [4.78, 5) is 27.0. The van der Waals surface area contributed by atoms with Gasteiger partial charge in [-0.1, -0.05) is 65.5 Å². The molecule has 162 valence electrons. The number of nitrogens with zero attached hydrogens (tertiary/aromatic N) is 1. The summed E-state index contributed by atoms with van der Waals surface area (Å²) in [5, 5.41) is 4.59. The van der Waals surface area contributed by atoms with Gasteiger partial charge >= 0.3 is 0 Å². The summed E-state index contributed by atoms with van der Waals surface area (Å²) in [6, 6.07) is 9.89. The van der Waals surface area contributed by atoms with E-state index in [1.54, 1.807) is 48.3 Å². The monoisotopic (exact) mass is 506 g/mol. The molecule has 0 saturated heterocycles. The third-order valence-corrected chi connectivity index (χ3v) is 6.89. The molecular formula is C21H22Cl4N2O2S. The molecule has 0 aliphatic carbocycles. The van der Waals surface area contributed by atoms with Crippen molar-refractivity contribution in [1.29, 1.82) is 0 Å². The molecule has 2 rings (SSSR count). The number of benzene rings is 2. The molecule has 0 saturated carbocycles. The standard InChI is InChI=1S/C21H22Cl4N2O2S/c1-3-19(21(29)26-2)27(10-13-7-8-17(24)18(25)9-13)20(28)12-30-11-14-15(22)5-4-6-16(14)23/h4-9,19H,3,10-12H2,1-2H3,(H,26,29). The summed E-state index contributed by atoms with van der Waals surface area (Å²) in [5.41, 5.74) is 1.58. The lowest BCUT2D eigenvalue weighted by atomic mass is 10.1. The average molecular weight is 508 g/mol. The predicted molar refractivity (Wildman–Crippen MR) is 128 cm³/mol. The maximum absolute atomic E-state index is 13.1. The lowest BCUT2D eigenvalue weighted by Gasteiger charge is -2.30. The minimum Gasteiger partial charge on any atom is -0.357 e. The molecule has 9 heteroatoms. The van der Waals surface area contributed by atoms with E-state index in [9.17, 15) is 9.59 Å². The van der Waals surface area contributed by atoms with E-state index in [-0.39, 0.29) is 24.1 Å². The summed E-state index contributed by atoms with van der Waals surface area (Å²) >= 11 is 25.9. The number of hydrogen-bond acceptors (Lipinski definition) is 3. The van der Waals surface area contributed by atoms with Crippen LogP contribution in [0.1, 0.15) is 24.5 Å². The van der Waals surface area contributed by atoms with E-state index in [1.165, 1.54) is 11.8 Å². The highest BCUT2D eigenvalue weighted by Gasteiger charge is 2.28. The Hall–Kier alpha value is -1.11. The fourth-order valence-electron chi connectivity index (χ4n) is 2.91. The molecule has 0 bridgehead atoms. The second-order valence-corrected chi connectivity index (χ2v) is 9.12. The minimum absolute atomic E-state index is 0.162. The fourth-order valence-corrected chi connectivity index (χ4v) is 4.88. The Labute approximate surface area is 201 Å². The molecule has 1 N–H and O–H groups in total. The number of amides is 2. The van der Waals surface area contributed by atoms with E-state index in [2.05, 4.69) is 5.32 Å². The molecule has 4 nitrogen and oxygen atoms in total. The number of carbonyl (C=O) groups excluding carboxylic acids is 2. The van der Waals surface area contributed by atoms with Crippen LogP contribution < -0.4 is 5.32 Å². The van der Waals surface area contributed by atoms with E-state index >= 15 is 0 Å². The Morgan fingerprint density at radius 2 is 1.70 bits per heavy atom. The topological polar surface area (TPSA) is 49.4 Å². The molecule has 2 aromatic carbocycles. The van der Waals surface area contributed by atoms with Crippen LogP contribution in [-0.4, -0.2) is 35.6 Å². The van der Waals surface area contributed by atoms with Crippen molar-refractivity contribution in [2.75, 3.05) is 12.8 Å². The van der Waals surface area contributed by atoms with Gasteiger partial charge in [0.15, 0.2) is 0 Å². The Morgan fingerprint density at radius 1 is 1.03 bits per heavy atom. The van der Waals surface area contributed by atoms with Crippen molar-refractivity contribution in [3.63, 3.8) is 0 Å². The average Bonchev–Trinajstić information content (AvgIpc) is 2.72. The van der Waals surface area contributed by atoms with Gasteiger partial charge in [-0.25, -0.2) is 0 Å². The molecule has 30 heavy (non-hydrogen) atoms. The van der Waals surface area contributed by atoms with Crippen LogP contribution in [0, 0.1) is 0 Å². The molecule has 0 aliphatic rings. The number of carbonyl (C=O) groups is 2. The van der Waals surface area contributed by atoms with Crippen molar-refractivity contribution in [2.24, 2.45) is 0 Å². The third kappa shape index (κ3) is 6.69. The van der Waals surface area contributed by atoms with Gasteiger partial charge in [-0.05, 0) is 41.8 Å². The lowest BCUT2D eigenvalue weighted by Crippen LogP contribution is -2.48. The van der Waals surface area contributed by atoms with Crippen LogP contribution in [0.5, 0.6) is 0 Å². The zero-order chi connectivity index (χ0) is 22.3. The first-order valence-corrected chi connectivity index (χ1v) is 11.9. The number of likely N-dealkylation sites (N-methyl/N-ethyl adjacent to an activating group) is 1. The number of thioether (sulfide) groups is 1. The summed E-state index contributed by atoms with van der Waals surface area (Å²) < 4.78 is 0. The first kappa shape index (κ1) is 25.2. The molecule has 0 heterocycles. The second kappa shape index (κ2) is 12.1. The van der Waals surface area contributed by atoms with Gasteiger partial charge in [0.25, 0.3) is 0 Å². The molecule has 2 aromatic rings. The smallest absolute Gasteiger partial charge is 0.242 e. The minimum atomic E-state index is -0.596. The number of hydrogen-bond donors (Lipinski definition) is 1. The van der Waals surface area contributed by atoms with Crippen LogP contribution in [-0.2, 0) is 21.9 Å². The second-order valence-electron chi connectivity index (χ2n) is 6.50. The predicted octanol–water partition coefficient (Wildman–Crippen LogP) is 6.09. The van der Waals surface area contributed by atoms with Crippen molar-refractivity contribution in [1.82, 2.24) is 10.2 Å². The van der Waals surface area contributed by atoms with E-state index < -0.39 is 6.04 Å². The van der Waals surface area contributed by atoms with Crippen molar-refractivity contribution in [3.05, 3.63) is 67.6 Å². The maximum Gasteiger partial charge on any atom is 0.242 e. The lowest BCUT2D eigenvalue weighted by molar-refractivity contribution is -0.139. The van der Waals surface area contributed by atoms with Gasteiger partial charge in [-0.3, -0.25) is 9.59 Å². The molecular weight excluding hydrogens is 486 g/mol. The van der Waals surface area contributed by atoms with Crippen LogP contribution in [0.25, 0.3) is 0 Å². The van der Waals surface area contributed by atoms with Gasteiger partial charge < -0.3 is 10.2 Å². The zero-order valence-electron chi connectivity index (χ0n) is 16.6. The summed E-state index contributed by atoms with van der Waals surface area (Å²) in [6.07, 6.45) is 0.480. The van der Waals surface area contributed by atoms with Crippen molar-refractivity contribution in [3.8, 4) is 0 Å². The van der Waals surface area contributed by atoms with Gasteiger partial charge in [0.05, 0.1) is 15.8 Å². The van der Waals surface area contributed by atoms with Crippen LogP contribution >= 0.6 is 58.2 Å². The Morgan fingerprint density at radius 3 is 2.27 bits per heavy atom. The molecule has 1 unspecified atom stereocenters. The fraction of sp³-hybridized carbons (Fsp3) is 0.333. The summed E-state index contributed by atoms with van der Waals surface area (Å²) in [6.45, 7) is 2.11. The Balaban J connectivity index is 2.16. The van der Waals surface area contributed by atoms with Crippen molar-refractivity contribution >= 4 is 70.0 Å². The number of halogens is 4. The first-order chi connectivity index (χ1) is 14.3. The number of nitrogens with one attached hydrogen (secondary N) is 1. The molecule has 0 spiro atoms. The molecule has 0 fully saturated rings. The van der Waals surface area contributed by atoms with Crippen molar-refractivity contribution in [2.45, 2.75) is 31.7 Å². The van der Waals surface area contributed by atoms with E-state index in [1.807, 2.05) is 6.92 Å². The SMILES string of the molecule is CCC(C(=O)NC)N(Cc1ccc(Cl)c(Cl)c1)C(=O)CSCc1c(Cl)cccc1Cl. The zero-order valence-corrected chi connectivity index (χ0v) is 20.4. The van der Waals surface area contributed by atoms with Gasteiger partial charge in [0.1, 0.15) is 6.04 Å². The third-order valence-electron chi connectivity index (χ3n) is 4.50. The van der Waals surface area contributed by atoms with Crippen LogP contribution in [0.4, 0.5) is 0 Å². The molecule has 0 aromatic heterocycles. The quantitative estimate of drug-likeness (QED) is 0.447. The summed E-state index contributed by atoms with van der Waals surface area (Å²) in [5.74, 6) is 0.285. The van der Waals surface area contributed by atoms with Crippen molar-refractivity contribution < 1.29 is 9.59 Å². The largest absolute Gasteiger partial charge is 0.357 e. The first-order valence-electron chi connectivity index (χ1n) is 9.24. The Bertz CT molecular complexity index is 890. The van der Waals surface area contributed by atoms with Crippen LogP contribution in [0.3, 0.4) is 0 Å². The maximum atomic E-state index is 13.1. The summed E-state index contributed by atoms with van der Waals surface area (Å²) in [7, 11) is 1.56. The van der Waals surface area contributed by atoms with Gasteiger partial charge in [-0.15, -0.1) is 11.8 Å². The van der Waals surface area contributed by atoms with Gasteiger partial charge in [0, 0.05) is 29.4 Å². The highest BCUT2D eigenvalue weighted by molar-refractivity contribution is 7.99. The van der Waals surface area contributed by atoms with E-state index in [0.717, 1.165) is 11.1 Å². The van der Waals surface area contributed by atoms with E-state index in [0.29, 0.717) is 32.3 Å². The van der Waals surface area contributed by atoms with Gasteiger partial charge in [0.2, 0.25) is 11.8 Å². The molecule has 1 atom stereocenters. The normalized spacial score (nSPS) is 11.8. The molecule has 0 aliphatic heterocycles.